The van der Waals surface area contributed by atoms with Crippen molar-refractivity contribution in [1.82, 2.24) is 9.88 Å². The molecular formula is C13H16N2O3S. The molecule has 2 heterocycles. The van der Waals surface area contributed by atoms with Crippen molar-refractivity contribution >= 4 is 22.8 Å². The molecule has 0 aliphatic carbocycles. The van der Waals surface area contributed by atoms with E-state index in [2.05, 4.69) is 11.6 Å². The van der Waals surface area contributed by atoms with E-state index < -0.39 is 0 Å². The third-order valence-corrected chi connectivity index (χ3v) is 3.97. The molecule has 2 rings (SSSR count). The molecule has 0 saturated carbocycles. The Morgan fingerprint density at radius 3 is 2.84 bits per heavy atom. The number of hydrogen-bond donors (Lipinski definition) is 1. The maximum atomic E-state index is 12.3. The highest BCUT2D eigenvalue weighted by Crippen LogP contribution is 2.30. The summed E-state index contributed by atoms with van der Waals surface area (Å²) in [7, 11) is 0. The Bertz CT molecular complexity index is 516. The number of ether oxygens (including phenoxy) is 1. The van der Waals surface area contributed by atoms with Crippen LogP contribution in [0.3, 0.4) is 0 Å². The number of aromatic nitrogens is 1. The van der Waals surface area contributed by atoms with Crippen molar-refractivity contribution in [2.45, 2.75) is 6.92 Å². The van der Waals surface area contributed by atoms with Crippen LogP contribution in [0.25, 0.3) is 5.57 Å². The zero-order chi connectivity index (χ0) is 13.8. The molecule has 1 aromatic rings. The van der Waals surface area contributed by atoms with Crippen molar-refractivity contribution in [2.24, 2.45) is 0 Å². The van der Waals surface area contributed by atoms with Crippen LogP contribution in [0.4, 0.5) is 0 Å². The van der Waals surface area contributed by atoms with Crippen LogP contribution in [0.2, 0.25) is 0 Å². The van der Waals surface area contributed by atoms with Gasteiger partial charge in [-0.1, -0.05) is 18.7 Å². The first-order chi connectivity index (χ1) is 9.13. The van der Waals surface area contributed by atoms with Gasteiger partial charge in [0, 0.05) is 13.1 Å². The first kappa shape index (κ1) is 13.8. The van der Waals surface area contributed by atoms with Gasteiger partial charge in [0.15, 0.2) is 4.88 Å². The smallest absolute Gasteiger partial charge is 0.269 e. The summed E-state index contributed by atoms with van der Waals surface area (Å²) in [4.78, 5) is 18.2. The summed E-state index contributed by atoms with van der Waals surface area (Å²) < 4.78 is 5.20. The summed E-state index contributed by atoms with van der Waals surface area (Å²) >= 11 is 1.20. The number of hydrogen-bond acceptors (Lipinski definition) is 5. The van der Waals surface area contributed by atoms with Crippen LogP contribution in [0, 0.1) is 0 Å². The maximum absolute atomic E-state index is 12.3. The molecule has 6 heteroatoms. The SMILES string of the molecule is C=C/C=C(\C)c1nc(O)c(C(=O)N2CCOCC2)s1. The van der Waals surface area contributed by atoms with E-state index in [1.807, 2.05) is 6.92 Å². The molecule has 1 aliphatic heterocycles. The van der Waals surface area contributed by atoms with E-state index in [-0.39, 0.29) is 16.7 Å². The van der Waals surface area contributed by atoms with Crippen LogP contribution >= 0.6 is 11.3 Å². The van der Waals surface area contributed by atoms with Crippen LogP contribution in [0.1, 0.15) is 21.6 Å². The molecule has 1 amide bonds. The summed E-state index contributed by atoms with van der Waals surface area (Å²) in [5, 5.41) is 10.5. The average molecular weight is 280 g/mol. The Morgan fingerprint density at radius 2 is 2.21 bits per heavy atom. The first-order valence-corrected chi connectivity index (χ1v) is 6.81. The summed E-state index contributed by atoms with van der Waals surface area (Å²) in [6, 6.07) is 0. The van der Waals surface area contributed by atoms with Crippen LogP contribution in [0.5, 0.6) is 5.88 Å². The van der Waals surface area contributed by atoms with E-state index in [0.29, 0.717) is 31.3 Å². The van der Waals surface area contributed by atoms with Gasteiger partial charge >= 0.3 is 0 Å². The molecule has 0 unspecified atom stereocenters. The largest absolute Gasteiger partial charge is 0.492 e. The lowest BCUT2D eigenvalue weighted by atomic mass is 10.3. The summed E-state index contributed by atoms with van der Waals surface area (Å²) in [5.74, 6) is -0.385. The third-order valence-electron chi connectivity index (χ3n) is 2.81. The fraction of sp³-hybridized carbons (Fsp3) is 0.385. The van der Waals surface area contributed by atoms with Gasteiger partial charge in [0.1, 0.15) is 5.01 Å². The molecule has 1 aromatic heterocycles. The topological polar surface area (TPSA) is 62.7 Å². The molecule has 19 heavy (non-hydrogen) atoms. The van der Waals surface area contributed by atoms with Crippen LogP contribution < -0.4 is 0 Å². The summed E-state index contributed by atoms with van der Waals surface area (Å²) in [6.07, 6.45) is 3.44. The molecule has 102 valence electrons. The number of carbonyl (C=O) groups excluding carboxylic acids is 1. The number of nitrogens with zero attached hydrogens (tertiary/aromatic N) is 2. The molecule has 0 spiro atoms. The van der Waals surface area contributed by atoms with E-state index in [1.54, 1.807) is 17.1 Å². The van der Waals surface area contributed by atoms with Gasteiger partial charge in [-0.2, -0.15) is 0 Å². The lowest BCUT2D eigenvalue weighted by molar-refractivity contribution is 0.0304. The Kier molecular flexibility index (Phi) is 4.34. The van der Waals surface area contributed by atoms with Gasteiger partial charge in [0.05, 0.1) is 13.2 Å². The number of aromatic hydroxyl groups is 1. The first-order valence-electron chi connectivity index (χ1n) is 6.00. The van der Waals surface area contributed by atoms with Gasteiger partial charge < -0.3 is 14.7 Å². The van der Waals surface area contributed by atoms with Crippen molar-refractivity contribution < 1.29 is 14.6 Å². The molecule has 1 N–H and O–H groups in total. The second kappa shape index (κ2) is 5.99. The van der Waals surface area contributed by atoms with Gasteiger partial charge in [-0.25, -0.2) is 4.98 Å². The van der Waals surface area contributed by atoms with E-state index >= 15 is 0 Å². The number of morpholine rings is 1. The highest BCUT2D eigenvalue weighted by Gasteiger charge is 2.24. The van der Waals surface area contributed by atoms with E-state index in [9.17, 15) is 9.90 Å². The molecule has 1 saturated heterocycles. The molecule has 0 bridgehead atoms. The summed E-state index contributed by atoms with van der Waals surface area (Å²) in [6.45, 7) is 7.64. The van der Waals surface area contributed by atoms with Gasteiger partial charge in [-0.3, -0.25) is 4.79 Å². The molecule has 1 aliphatic rings. The monoisotopic (exact) mass is 280 g/mol. The quantitative estimate of drug-likeness (QED) is 0.859. The predicted molar refractivity (Wildman–Crippen MR) is 74.3 cm³/mol. The van der Waals surface area contributed by atoms with Crippen molar-refractivity contribution in [1.29, 1.82) is 0 Å². The van der Waals surface area contributed by atoms with Crippen LogP contribution in [0.15, 0.2) is 18.7 Å². The van der Waals surface area contributed by atoms with Crippen molar-refractivity contribution in [2.75, 3.05) is 26.3 Å². The van der Waals surface area contributed by atoms with Crippen molar-refractivity contribution in [3.05, 3.63) is 28.6 Å². The number of allylic oxidation sites excluding steroid dienone is 3. The van der Waals surface area contributed by atoms with Gasteiger partial charge in [-0.15, -0.1) is 11.3 Å². The van der Waals surface area contributed by atoms with E-state index in [1.165, 1.54) is 11.3 Å². The fourth-order valence-corrected chi connectivity index (χ4v) is 2.69. The Morgan fingerprint density at radius 1 is 1.53 bits per heavy atom. The minimum absolute atomic E-state index is 0.184. The zero-order valence-corrected chi connectivity index (χ0v) is 11.6. The Hall–Kier alpha value is -1.66. The molecule has 0 radical (unpaired) electrons. The molecular weight excluding hydrogens is 264 g/mol. The molecule has 0 atom stereocenters. The zero-order valence-electron chi connectivity index (χ0n) is 10.8. The number of carbonyl (C=O) groups is 1. The second-order valence-electron chi connectivity index (χ2n) is 4.16. The van der Waals surface area contributed by atoms with Gasteiger partial charge in [-0.05, 0) is 12.5 Å². The third kappa shape index (κ3) is 3.02. The lowest BCUT2D eigenvalue weighted by Crippen LogP contribution is -2.40. The second-order valence-corrected chi connectivity index (χ2v) is 5.16. The van der Waals surface area contributed by atoms with Gasteiger partial charge in [0.25, 0.3) is 5.91 Å². The minimum Gasteiger partial charge on any atom is -0.492 e. The average Bonchev–Trinajstić information content (AvgIpc) is 2.81. The molecule has 1 fully saturated rings. The van der Waals surface area contributed by atoms with Crippen LogP contribution in [-0.2, 0) is 4.74 Å². The Balaban J connectivity index is 2.22. The van der Waals surface area contributed by atoms with Crippen molar-refractivity contribution in [3.63, 3.8) is 0 Å². The number of rotatable bonds is 3. The van der Waals surface area contributed by atoms with E-state index in [4.69, 9.17) is 4.74 Å². The van der Waals surface area contributed by atoms with Crippen LogP contribution in [-0.4, -0.2) is 47.2 Å². The predicted octanol–water partition coefficient (Wildman–Crippen LogP) is 1.91. The summed E-state index contributed by atoms with van der Waals surface area (Å²) in [5.41, 5.74) is 0.872. The number of thiazole rings is 1. The highest BCUT2D eigenvalue weighted by molar-refractivity contribution is 7.15. The van der Waals surface area contributed by atoms with E-state index in [0.717, 1.165) is 5.57 Å². The Labute approximate surface area is 115 Å². The molecule has 5 nitrogen and oxygen atoms in total. The normalized spacial score (nSPS) is 16.5. The minimum atomic E-state index is -0.201. The van der Waals surface area contributed by atoms with Gasteiger partial charge in [0.2, 0.25) is 5.88 Å². The lowest BCUT2D eigenvalue weighted by Gasteiger charge is -2.26. The number of amides is 1. The van der Waals surface area contributed by atoms with Crippen molar-refractivity contribution in [3.8, 4) is 5.88 Å². The highest BCUT2D eigenvalue weighted by atomic mass is 32.1. The standard InChI is InChI=1S/C13H16N2O3S/c1-3-4-9(2)12-14-11(16)10(19-12)13(17)15-5-7-18-8-6-15/h3-4,16H,1,5-8H2,2H3/b9-4+. The molecule has 0 aromatic carbocycles. The fourth-order valence-electron chi connectivity index (χ4n) is 1.78. The maximum Gasteiger partial charge on any atom is 0.269 e.